The van der Waals surface area contributed by atoms with Gasteiger partial charge < -0.3 is 4.74 Å². The van der Waals surface area contributed by atoms with Crippen molar-refractivity contribution >= 4 is 18.6 Å². The molecule has 0 aliphatic rings. The molecule has 0 aliphatic carbocycles. The van der Waals surface area contributed by atoms with Crippen molar-refractivity contribution in [3.05, 3.63) is 35.4 Å². The highest BCUT2D eigenvalue weighted by Gasteiger charge is 2.17. The SMILES string of the molecule is CC(C)(C)OC(=O)c1ccc(CCCS)cc1. The number of rotatable bonds is 4. The fraction of sp³-hybridized carbons (Fsp3) is 0.500. The number of benzene rings is 1. The van der Waals surface area contributed by atoms with Gasteiger partial charge in [0.1, 0.15) is 5.60 Å². The zero-order chi connectivity index (χ0) is 12.9. The Labute approximate surface area is 109 Å². The van der Waals surface area contributed by atoms with Crippen LogP contribution in [0, 0.1) is 0 Å². The standard InChI is InChI=1S/C14H20O2S/c1-14(2,3)16-13(15)12-8-6-11(7-9-12)5-4-10-17/h6-9,17H,4-5,10H2,1-3H3. The maximum Gasteiger partial charge on any atom is 0.338 e. The molecule has 0 aliphatic heterocycles. The van der Waals surface area contributed by atoms with E-state index in [1.54, 1.807) is 0 Å². The van der Waals surface area contributed by atoms with Gasteiger partial charge in [0.15, 0.2) is 0 Å². The second-order valence-electron chi connectivity index (χ2n) is 5.03. The monoisotopic (exact) mass is 252 g/mol. The Bertz CT molecular complexity index is 363. The Morgan fingerprint density at radius 1 is 1.24 bits per heavy atom. The fourth-order valence-corrected chi connectivity index (χ4v) is 1.59. The lowest BCUT2D eigenvalue weighted by Crippen LogP contribution is -2.23. The topological polar surface area (TPSA) is 26.3 Å². The number of ether oxygens (including phenoxy) is 1. The summed E-state index contributed by atoms with van der Waals surface area (Å²) in [7, 11) is 0. The van der Waals surface area contributed by atoms with Crippen molar-refractivity contribution in [2.24, 2.45) is 0 Å². The van der Waals surface area contributed by atoms with Crippen LogP contribution in [-0.2, 0) is 11.2 Å². The van der Waals surface area contributed by atoms with Crippen molar-refractivity contribution in [2.45, 2.75) is 39.2 Å². The minimum atomic E-state index is -0.443. The number of aryl methyl sites for hydroxylation is 1. The number of hydrogen-bond donors (Lipinski definition) is 1. The van der Waals surface area contributed by atoms with Crippen molar-refractivity contribution < 1.29 is 9.53 Å². The summed E-state index contributed by atoms with van der Waals surface area (Å²) < 4.78 is 5.29. The van der Waals surface area contributed by atoms with E-state index >= 15 is 0 Å². The van der Waals surface area contributed by atoms with E-state index in [-0.39, 0.29) is 5.97 Å². The van der Waals surface area contributed by atoms with Crippen LogP contribution in [0.4, 0.5) is 0 Å². The highest BCUT2D eigenvalue weighted by atomic mass is 32.1. The third-order valence-corrected chi connectivity index (χ3v) is 2.53. The minimum Gasteiger partial charge on any atom is -0.456 e. The molecule has 17 heavy (non-hydrogen) atoms. The Balaban J connectivity index is 2.64. The van der Waals surface area contributed by atoms with Crippen LogP contribution in [0.3, 0.4) is 0 Å². The summed E-state index contributed by atoms with van der Waals surface area (Å²) in [6, 6.07) is 7.59. The van der Waals surface area contributed by atoms with E-state index in [1.807, 2.05) is 45.0 Å². The zero-order valence-corrected chi connectivity index (χ0v) is 11.6. The number of esters is 1. The molecule has 1 aromatic carbocycles. The van der Waals surface area contributed by atoms with Gasteiger partial charge in [0.05, 0.1) is 5.56 Å². The molecule has 0 unspecified atom stereocenters. The molecule has 0 fully saturated rings. The second kappa shape index (κ2) is 6.10. The smallest absolute Gasteiger partial charge is 0.338 e. The summed E-state index contributed by atoms with van der Waals surface area (Å²) in [5, 5.41) is 0. The predicted molar refractivity (Wildman–Crippen MR) is 73.8 cm³/mol. The number of carbonyl (C=O) groups excluding carboxylic acids is 1. The largest absolute Gasteiger partial charge is 0.456 e. The first-order valence-electron chi connectivity index (χ1n) is 5.85. The van der Waals surface area contributed by atoms with E-state index in [1.165, 1.54) is 5.56 Å². The van der Waals surface area contributed by atoms with Crippen LogP contribution in [-0.4, -0.2) is 17.3 Å². The van der Waals surface area contributed by atoms with Crippen molar-refractivity contribution in [3.63, 3.8) is 0 Å². The van der Waals surface area contributed by atoms with Crippen molar-refractivity contribution in [1.82, 2.24) is 0 Å². The van der Waals surface area contributed by atoms with Crippen LogP contribution in [0.25, 0.3) is 0 Å². The van der Waals surface area contributed by atoms with Crippen LogP contribution < -0.4 is 0 Å². The summed E-state index contributed by atoms with van der Waals surface area (Å²) in [4.78, 5) is 11.8. The Kier molecular flexibility index (Phi) is 5.06. The summed E-state index contributed by atoms with van der Waals surface area (Å²) in [6.45, 7) is 5.60. The maximum atomic E-state index is 11.8. The van der Waals surface area contributed by atoms with Crippen molar-refractivity contribution in [1.29, 1.82) is 0 Å². The van der Waals surface area contributed by atoms with E-state index in [0.29, 0.717) is 5.56 Å². The first-order chi connectivity index (χ1) is 7.92. The molecule has 94 valence electrons. The van der Waals surface area contributed by atoms with Gasteiger partial charge in [-0.25, -0.2) is 4.79 Å². The molecule has 0 atom stereocenters. The normalized spacial score (nSPS) is 11.3. The molecule has 1 rings (SSSR count). The predicted octanol–water partition coefficient (Wildman–Crippen LogP) is 3.50. The molecule has 0 saturated carbocycles. The average Bonchev–Trinajstić information content (AvgIpc) is 2.24. The van der Waals surface area contributed by atoms with Gasteiger partial charge in [0.25, 0.3) is 0 Å². The van der Waals surface area contributed by atoms with E-state index < -0.39 is 5.60 Å². The van der Waals surface area contributed by atoms with Crippen LogP contribution in [0.1, 0.15) is 43.1 Å². The molecule has 0 heterocycles. The summed E-state index contributed by atoms with van der Waals surface area (Å²) in [5.74, 6) is 0.617. The molecular formula is C14H20O2S. The molecule has 1 aromatic rings. The van der Waals surface area contributed by atoms with Gasteiger partial charge in [-0.05, 0) is 57.1 Å². The van der Waals surface area contributed by atoms with Crippen molar-refractivity contribution in [2.75, 3.05) is 5.75 Å². The van der Waals surface area contributed by atoms with Crippen molar-refractivity contribution in [3.8, 4) is 0 Å². The van der Waals surface area contributed by atoms with E-state index in [0.717, 1.165) is 18.6 Å². The molecule has 3 heteroatoms. The summed E-state index contributed by atoms with van der Waals surface area (Å²) >= 11 is 4.18. The Morgan fingerprint density at radius 2 is 1.82 bits per heavy atom. The third-order valence-electron chi connectivity index (χ3n) is 2.21. The molecule has 0 bridgehead atoms. The lowest BCUT2D eigenvalue weighted by molar-refractivity contribution is 0.00695. The first kappa shape index (κ1) is 14.1. The van der Waals surface area contributed by atoms with Crippen LogP contribution in [0.2, 0.25) is 0 Å². The van der Waals surface area contributed by atoms with Crippen LogP contribution >= 0.6 is 12.6 Å². The molecule has 2 nitrogen and oxygen atoms in total. The molecule has 0 amide bonds. The zero-order valence-electron chi connectivity index (χ0n) is 10.7. The number of carbonyl (C=O) groups is 1. The van der Waals surface area contributed by atoms with Gasteiger partial charge in [-0.1, -0.05) is 12.1 Å². The van der Waals surface area contributed by atoms with Gasteiger partial charge >= 0.3 is 5.97 Å². The van der Waals surface area contributed by atoms with E-state index in [2.05, 4.69) is 12.6 Å². The summed E-state index contributed by atoms with van der Waals surface area (Å²) in [6.07, 6.45) is 2.05. The molecular weight excluding hydrogens is 232 g/mol. The van der Waals surface area contributed by atoms with Gasteiger partial charge in [-0.2, -0.15) is 12.6 Å². The van der Waals surface area contributed by atoms with E-state index in [4.69, 9.17) is 4.74 Å². The maximum absolute atomic E-state index is 11.8. The molecule has 0 radical (unpaired) electrons. The van der Waals surface area contributed by atoms with Gasteiger partial charge in [0.2, 0.25) is 0 Å². The third kappa shape index (κ3) is 5.26. The highest BCUT2D eigenvalue weighted by Crippen LogP contribution is 2.13. The molecule has 0 aromatic heterocycles. The molecule has 0 spiro atoms. The Morgan fingerprint density at radius 3 is 2.29 bits per heavy atom. The number of hydrogen-bond acceptors (Lipinski definition) is 3. The van der Waals surface area contributed by atoms with E-state index in [9.17, 15) is 4.79 Å². The average molecular weight is 252 g/mol. The molecule has 0 N–H and O–H groups in total. The van der Waals surface area contributed by atoms with Gasteiger partial charge in [-0.3, -0.25) is 0 Å². The van der Waals surface area contributed by atoms with Crippen LogP contribution in [0.5, 0.6) is 0 Å². The van der Waals surface area contributed by atoms with Gasteiger partial charge in [-0.15, -0.1) is 0 Å². The second-order valence-corrected chi connectivity index (χ2v) is 5.47. The number of thiol groups is 1. The first-order valence-corrected chi connectivity index (χ1v) is 6.49. The lowest BCUT2D eigenvalue weighted by Gasteiger charge is -2.19. The summed E-state index contributed by atoms with van der Waals surface area (Å²) in [5.41, 5.74) is 1.39. The minimum absolute atomic E-state index is 0.266. The lowest BCUT2D eigenvalue weighted by atomic mass is 10.1. The molecule has 0 saturated heterocycles. The fourth-order valence-electron chi connectivity index (χ4n) is 1.43. The van der Waals surface area contributed by atoms with Gasteiger partial charge in [0, 0.05) is 0 Å². The van der Waals surface area contributed by atoms with Crippen LogP contribution in [0.15, 0.2) is 24.3 Å². The highest BCUT2D eigenvalue weighted by molar-refractivity contribution is 7.80. The Hall–Kier alpha value is -0.960. The quantitative estimate of drug-likeness (QED) is 0.655.